The summed E-state index contributed by atoms with van der Waals surface area (Å²) in [6.45, 7) is 4.33. The summed E-state index contributed by atoms with van der Waals surface area (Å²) in [6.07, 6.45) is 4.02. The van der Waals surface area contributed by atoms with Gasteiger partial charge in [-0.3, -0.25) is 4.79 Å². The normalized spacial score (nSPS) is 12.2. The highest BCUT2D eigenvalue weighted by Crippen LogP contribution is 2.27. The Morgan fingerprint density at radius 1 is 1.13 bits per heavy atom. The van der Waals surface area contributed by atoms with Crippen LogP contribution in [0, 0.1) is 5.92 Å². The summed E-state index contributed by atoms with van der Waals surface area (Å²) < 4.78 is 0. The van der Waals surface area contributed by atoms with Crippen LogP contribution in [0.15, 0.2) is 48.7 Å². The van der Waals surface area contributed by atoms with Crippen LogP contribution in [0.25, 0.3) is 0 Å². The highest BCUT2D eigenvalue weighted by atomic mass is 35.5. The number of rotatable bonds is 7. The number of aromatic nitrogens is 1. The predicted molar refractivity (Wildman–Crippen MR) is 94.3 cm³/mol. The van der Waals surface area contributed by atoms with Crippen molar-refractivity contribution >= 4 is 17.5 Å². The van der Waals surface area contributed by atoms with Crippen molar-refractivity contribution in [1.29, 1.82) is 0 Å². The van der Waals surface area contributed by atoms with E-state index < -0.39 is 0 Å². The first-order valence-corrected chi connectivity index (χ1v) is 8.46. The largest absolute Gasteiger partial charge is 0.349 e. The van der Waals surface area contributed by atoms with Crippen molar-refractivity contribution < 1.29 is 4.79 Å². The third kappa shape index (κ3) is 5.07. The van der Waals surface area contributed by atoms with E-state index >= 15 is 0 Å². The molecule has 1 amide bonds. The van der Waals surface area contributed by atoms with Crippen LogP contribution in [0.4, 0.5) is 0 Å². The number of carbonyl (C=O) groups excluding carboxylic acids is 1. The Kier molecular flexibility index (Phi) is 6.60. The second-order valence-corrected chi connectivity index (χ2v) is 6.09. The van der Waals surface area contributed by atoms with Crippen LogP contribution in [0.5, 0.6) is 0 Å². The van der Waals surface area contributed by atoms with Gasteiger partial charge >= 0.3 is 0 Å². The van der Waals surface area contributed by atoms with E-state index in [4.69, 9.17) is 11.6 Å². The molecular formula is C19H23ClN2O. The average molecular weight is 331 g/mol. The third-order valence-corrected chi connectivity index (χ3v) is 4.37. The number of halogens is 1. The number of amides is 1. The summed E-state index contributed by atoms with van der Waals surface area (Å²) in [5, 5.41) is 3.64. The second kappa shape index (κ2) is 8.68. The molecule has 122 valence electrons. The Balaban J connectivity index is 2.10. The minimum absolute atomic E-state index is 0.00914. The molecule has 3 nitrogen and oxygen atoms in total. The Labute approximate surface area is 143 Å². The van der Waals surface area contributed by atoms with E-state index in [1.807, 2.05) is 24.3 Å². The Bertz CT molecular complexity index is 609. The molecule has 1 heterocycles. The lowest BCUT2D eigenvalue weighted by atomic mass is 9.88. The lowest BCUT2D eigenvalue weighted by molar-refractivity contribution is -0.121. The van der Waals surface area contributed by atoms with E-state index in [1.54, 1.807) is 12.3 Å². The van der Waals surface area contributed by atoms with Gasteiger partial charge in [0.1, 0.15) is 5.15 Å². The van der Waals surface area contributed by atoms with Gasteiger partial charge in [0.25, 0.3) is 0 Å². The summed E-state index contributed by atoms with van der Waals surface area (Å²) in [6, 6.07) is 13.8. The van der Waals surface area contributed by atoms with Gasteiger partial charge in [-0.1, -0.05) is 74.7 Å². The van der Waals surface area contributed by atoms with Crippen LogP contribution in [-0.4, -0.2) is 10.9 Å². The molecule has 4 heteroatoms. The molecule has 0 bridgehead atoms. The number of nitrogens with one attached hydrogen (secondary N) is 1. The standard InChI is InChI=1S/C19H23ClN2O/c1-3-15(4-2)19(16-8-6-5-7-9-16)22-18(23)12-14-10-11-17(20)21-13-14/h5-11,13,15,19H,3-4,12H2,1-2H3,(H,22,23). The summed E-state index contributed by atoms with van der Waals surface area (Å²) in [5.41, 5.74) is 2.02. The van der Waals surface area contributed by atoms with Crippen LogP contribution in [0.1, 0.15) is 43.9 Å². The summed E-state index contributed by atoms with van der Waals surface area (Å²) in [7, 11) is 0. The van der Waals surface area contributed by atoms with Gasteiger partial charge in [0.05, 0.1) is 12.5 Å². The number of hydrogen-bond acceptors (Lipinski definition) is 2. The maximum atomic E-state index is 12.4. The molecule has 1 atom stereocenters. The summed E-state index contributed by atoms with van der Waals surface area (Å²) in [5.74, 6) is 0.430. The van der Waals surface area contributed by atoms with Crippen molar-refractivity contribution in [3.63, 3.8) is 0 Å². The molecule has 2 aromatic rings. The maximum absolute atomic E-state index is 12.4. The van der Waals surface area contributed by atoms with Gasteiger partial charge in [-0.15, -0.1) is 0 Å². The number of pyridine rings is 1. The van der Waals surface area contributed by atoms with Crippen molar-refractivity contribution in [3.8, 4) is 0 Å². The fourth-order valence-corrected chi connectivity index (χ4v) is 2.93. The monoisotopic (exact) mass is 330 g/mol. The Hall–Kier alpha value is -1.87. The van der Waals surface area contributed by atoms with E-state index in [0.29, 0.717) is 17.5 Å². The molecule has 1 aromatic heterocycles. The first-order valence-electron chi connectivity index (χ1n) is 8.08. The SMILES string of the molecule is CCC(CC)C(NC(=O)Cc1ccc(Cl)nc1)c1ccccc1. The lowest BCUT2D eigenvalue weighted by Crippen LogP contribution is -2.34. The Morgan fingerprint density at radius 3 is 2.39 bits per heavy atom. The van der Waals surface area contributed by atoms with E-state index in [9.17, 15) is 4.79 Å². The number of nitrogens with zero attached hydrogens (tertiary/aromatic N) is 1. The molecule has 0 saturated heterocycles. The smallest absolute Gasteiger partial charge is 0.224 e. The minimum atomic E-state index is 0.00914. The van der Waals surface area contributed by atoms with Crippen LogP contribution in [0.2, 0.25) is 5.15 Å². The minimum Gasteiger partial charge on any atom is -0.349 e. The molecule has 2 rings (SSSR count). The fraction of sp³-hybridized carbons (Fsp3) is 0.368. The van der Waals surface area contributed by atoms with Gasteiger partial charge < -0.3 is 5.32 Å². The van der Waals surface area contributed by atoms with Crippen molar-refractivity contribution in [2.45, 2.75) is 39.2 Å². The van der Waals surface area contributed by atoms with Gasteiger partial charge in [-0.05, 0) is 23.1 Å². The number of carbonyl (C=O) groups is 1. The molecule has 1 unspecified atom stereocenters. The Morgan fingerprint density at radius 2 is 1.83 bits per heavy atom. The zero-order valence-corrected chi connectivity index (χ0v) is 14.4. The summed E-state index contributed by atoms with van der Waals surface area (Å²) in [4.78, 5) is 16.5. The first-order chi connectivity index (χ1) is 11.1. The average Bonchev–Trinajstić information content (AvgIpc) is 2.58. The van der Waals surface area contributed by atoms with Gasteiger partial charge in [0.15, 0.2) is 0 Å². The topological polar surface area (TPSA) is 42.0 Å². The molecule has 0 fully saturated rings. The fourth-order valence-electron chi connectivity index (χ4n) is 2.81. The predicted octanol–water partition coefficient (Wildman–Crippen LogP) is 4.57. The highest BCUT2D eigenvalue weighted by Gasteiger charge is 2.22. The number of benzene rings is 1. The van der Waals surface area contributed by atoms with Crippen LogP contribution >= 0.6 is 11.6 Å². The molecule has 0 saturated carbocycles. The zero-order valence-electron chi connectivity index (χ0n) is 13.6. The van der Waals surface area contributed by atoms with Crippen molar-refractivity contribution in [1.82, 2.24) is 10.3 Å². The van der Waals surface area contributed by atoms with Gasteiger partial charge in [-0.25, -0.2) is 4.98 Å². The third-order valence-electron chi connectivity index (χ3n) is 4.15. The molecule has 0 aliphatic carbocycles. The molecule has 0 radical (unpaired) electrons. The van der Waals surface area contributed by atoms with E-state index in [2.05, 4.69) is 36.3 Å². The van der Waals surface area contributed by atoms with Gasteiger partial charge in [-0.2, -0.15) is 0 Å². The van der Waals surface area contributed by atoms with Crippen LogP contribution in [0.3, 0.4) is 0 Å². The van der Waals surface area contributed by atoms with E-state index in [0.717, 1.165) is 24.0 Å². The summed E-state index contributed by atoms with van der Waals surface area (Å²) >= 11 is 5.78. The van der Waals surface area contributed by atoms with Gasteiger partial charge in [0.2, 0.25) is 5.91 Å². The molecule has 1 aromatic carbocycles. The van der Waals surface area contributed by atoms with Crippen molar-refractivity contribution in [2.75, 3.05) is 0 Å². The van der Waals surface area contributed by atoms with Crippen molar-refractivity contribution in [3.05, 3.63) is 64.9 Å². The molecule has 0 aliphatic heterocycles. The van der Waals surface area contributed by atoms with E-state index in [1.165, 1.54) is 0 Å². The number of hydrogen-bond donors (Lipinski definition) is 1. The van der Waals surface area contributed by atoms with E-state index in [-0.39, 0.29) is 11.9 Å². The molecule has 0 spiro atoms. The first kappa shape index (κ1) is 17.5. The second-order valence-electron chi connectivity index (χ2n) is 5.70. The molecule has 0 aliphatic rings. The molecular weight excluding hydrogens is 308 g/mol. The van der Waals surface area contributed by atoms with Crippen molar-refractivity contribution in [2.24, 2.45) is 5.92 Å². The van der Waals surface area contributed by atoms with Crippen LogP contribution in [-0.2, 0) is 11.2 Å². The van der Waals surface area contributed by atoms with Crippen LogP contribution < -0.4 is 5.32 Å². The quantitative estimate of drug-likeness (QED) is 0.755. The maximum Gasteiger partial charge on any atom is 0.224 e. The molecule has 23 heavy (non-hydrogen) atoms. The lowest BCUT2D eigenvalue weighted by Gasteiger charge is -2.27. The highest BCUT2D eigenvalue weighted by molar-refractivity contribution is 6.29. The van der Waals surface area contributed by atoms with Gasteiger partial charge in [0, 0.05) is 6.20 Å². The zero-order chi connectivity index (χ0) is 16.7. The molecule has 1 N–H and O–H groups in total.